The lowest BCUT2D eigenvalue weighted by Crippen LogP contribution is -1.98. The Labute approximate surface area is 111 Å². The van der Waals surface area contributed by atoms with Crippen LogP contribution in [0.4, 0.5) is 0 Å². The fraction of sp³-hybridized carbons (Fsp3) is 0.385. The molecule has 2 aromatic rings. The maximum Gasteiger partial charge on any atom is 0.226 e. The van der Waals surface area contributed by atoms with E-state index in [0.717, 1.165) is 37.8 Å². The van der Waals surface area contributed by atoms with Gasteiger partial charge >= 0.3 is 0 Å². The van der Waals surface area contributed by atoms with Crippen molar-refractivity contribution in [2.24, 2.45) is 5.73 Å². The van der Waals surface area contributed by atoms with Crippen LogP contribution in [0.5, 0.6) is 0 Å². The Hall–Kier alpha value is -1.39. The first kappa shape index (κ1) is 13.1. The molecule has 0 aliphatic heterocycles. The predicted molar refractivity (Wildman–Crippen MR) is 71.4 cm³/mol. The summed E-state index contributed by atoms with van der Waals surface area (Å²) >= 11 is 5.83. The summed E-state index contributed by atoms with van der Waals surface area (Å²) in [6, 6.07) is 7.39. The largest absolute Gasteiger partial charge is 0.339 e. The molecule has 0 saturated heterocycles. The molecule has 1 aromatic heterocycles. The molecule has 0 saturated carbocycles. The Morgan fingerprint density at radius 2 is 1.89 bits per heavy atom. The van der Waals surface area contributed by atoms with Gasteiger partial charge in [-0.2, -0.15) is 4.98 Å². The first-order valence-electron chi connectivity index (χ1n) is 6.08. The topological polar surface area (TPSA) is 64.9 Å². The van der Waals surface area contributed by atoms with Gasteiger partial charge < -0.3 is 10.3 Å². The number of nitrogens with zero attached hydrogens (tertiary/aromatic N) is 2. The van der Waals surface area contributed by atoms with Crippen LogP contribution in [0, 0.1) is 0 Å². The van der Waals surface area contributed by atoms with Crippen LogP contribution in [-0.4, -0.2) is 16.7 Å². The molecule has 1 heterocycles. The fourth-order valence-electron chi connectivity index (χ4n) is 1.67. The normalized spacial score (nSPS) is 10.8. The highest BCUT2D eigenvalue weighted by Gasteiger charge is 2.07. The lowest BCUT2D eigenvalue weighted by molar-refractivity contribution is 0.374. The van der Waals surface area contributed by atoms with Crippen LogP contribution in [0.15, 0.2) is 28.8 Å². The highest BCUT2D eigenvalue weighted by atomic mass is 35.5. The monoisotopic (exact) mass is 265 g/mol. The first-order chi connectivity index (χ1) is 8.79. The standard InChI is InChI=1S/C13H16ClN3O/c14-11-7-5-10(6-8-11)13-16-12(18-17-13)4-2-1-3-9-15/h5-8H,1-4,9,15H2. The van der Waals surface area contributed by atoms with Gasteiger partial charge in [-0.15, -0.1) is 0 Å². The zero-order valence-electron chi connectivity index (χ0n) is 10.1. The van der Waals surface area contributed by atoms with Gasteiger partial charge in [-0.1, -0.05) is 23.2 Å². The maximum atomic E-state index is 5.83. The van der Waals surface area contributed by atoms with E-state index in [-0.39, 0.29) is 0 Å². The molecule has 96 valence electrons. The molecule has 0 unspecified atom stereocenters. The lowest BCUT2D eigenvalue weighted by Gasteiger charge is -1.94. The van der Waals surface area contributed by atoms with E-state index >= 15 is 0 Å². The van der Waals surface area contributed by atoms with E-state index in [1.165, 1.54) is 0 Å². The van der Waals surface area contributed by atoms with Crippen molar-refractivity contribution in [3.8, 4) is 11.4 Å². The summed E-state index contributed by atoms with van der Waals surface area (Å²) in [7, 11) is 0. The van der Waals surface area contributed by atoms with Gasteiger partial charge in [0, 0.05) is 17.0 Å². The minimum absolute atomic E-state index is 0.612. The molecule has 2 N–H and O–H groups in total. The zero-order chi connectivity index (χ0) is 12.8. The molecule has 0 aliphatic carbocycles. The quantitative estimate of drug-likeness (QED) is 0.815. The molecule has 0 amide bonds. The molecule has 0 radical (unpaired) electrons. The van der Waals surface area contributed by atoms with Crippen LogP contribution < -0.4 is 5.73 Å². The predicted octanol–water partition coefficient (Wildman–Crippen LogP) is 3.06. The smallest absolute Gasteiger partial charge is 0.226 e. The molecule has 0 atom stereocenters. The van der Waals surface area contributed by atoms with Gasteiger partial charge in [0.1, 0.15) is 0 Å². The van der Waals surface area contributed by atoms with Crippen molar-refractivity contribution in [3.63, 3.8) is 0 Å². The lowest BCUT2D eigenvalue weighted by atomic mass is 10.2. The Morgan fingerprint density at radius 3 is 2.61 bits per heavy atom. The molecule has 0 spiro atoms. The third-order valence-corrected chi connectivity index (χ3v) is 2.92. The summed E-state index contributed by atoms with van der Waals surface area (Å²) in [4.78, 5) is 4.36. The van der Waals surface area contributed by atoms with Gasteiger partial charge in [-0.05, 0) is 43.7 Å². The number of aryl methyl sites for hydroxylation is 1. The summed E-state index contributed by atoms with van der Waals surface area (Å²) in [5.74, 6) is 1.29. The van der Waals surface area contributed by atoms with E-state index in [9.17, 15) is 0 Å². The molecule has 2 rings (SSSR count). The number of nitrogens with two attached hydrogens (primary N) is 1. The average Bonchev–Trinajstić information content (AvgIpc) is 2.84. The van der Waals surface area contributed by atoms with Crippen molar-refractivity contribution in [1.82, 2.24) is 10.1 Å². The average molecular weight is 266 g/mol. The number of benzene rings is 1. The van der Waals surface area contributed by atoms with Gasteiger partial charge in [0.2, 0.25) is 11.7 Å². The number of rotatable bonds is 6. The summed E-state index contributed by atoms with van der Waals surface area (Å²) in [5, 5.41) is 4.66. The van der Waals surface area contributed by atoms with Crippen molar-refractivity contribution in [2.45, 2.75) is 25.7 Å². The number of aromatic nitrogens is 2. The minimum atomic E-state index is 0.612. The SMILES string of the molecule is NCCCCCc1nc(-c2ccc(Cl)cc2)no1. The molecular formula is C13H16ClN3O. The van der Waals surface area contributed by atoms with Gasteiger partial charge in [-0.25, -0.2) is 0 Å². The van der Waals surface area contributed by atoms with E-state index in [1.807, 2.05) is 24.3 Å². The van der Waals surface area contributed by atoms with E-state index in [4.69, 9.17) is 21.9 Å². The number of unbranched alkanes of at least 4 members (excludes halogenated alkanes) is 2. The van der Waals surface area contributed by atoms with E-state index < -0.39 is 0 Å². The van der Waals surface area contributed by atoms with Crippen molar-refractivity contribution >= 4 is 11.6 Å². The van der Waals surface area contributed by atoms with Crippen molar-refractivity contribution < 1.29 is 4.52 Å². The number of hydrogen-bond acceptors (Lipinski definition) is 4. The summed E-state index contributed by atoms with van der Waals surface area (Å²) in [6.07, 6.45) is 3.97. The summed E-state index contributed by atoms with van der Waals surface area (Å²) in [5.41, 5.74) is 6.35. The maximum absolute atomic E-state index is 5.83. The minimum Gasteiger partial charge on any atom is -0.339 e. The molecule has 0 aliphatic rings. The second-order valence-corrected chi connectivity index (χ2v) is 4.55. The van der Waals surface area contributed by atoms with Crippen molar-refractivity contribution in [1.29, 1.82) is 0 Å². The Kier molecular flexibility index (Phi) is 4.73. The summed E-state index contributed by atoms with van der Waals surface area (Å²) < 4.78 is 5.20. The molecule has 5 heteroatoms. The highest BCUT2D eigenvalue weighted by molar-refractivity contribution is 6.30. The second-order valence-electron chi connectivity index (χ2n) is 4.12. The van der Waals surface area contributed by atoms with Gasteiger partial charge in [0.25, 0.3) is 0 Å². The molecular weight excluding hydrogens is 250 g/mol. The van der Waals surface area contributed by atoms with Gasteiger partial charge in [0.15, 0.2) is 0 Å². The second kappa shape index (κ2) is 6.52. The molecule has 4 nitrogen and oxygen atoms in total. The van der Waals surface area contributed by atoms with E-state index in [0.29, 0.717) is 16.7 Å². The zero-order valence-corrected chi connectivity index (χ0v) is 10.9. The van der Waals surface area contributed by atoms with Crippen molar-refractivity contribution in [2.75, 3.05) is 6.54 Å². The van der Waals surface area contributed by atoms with Gasteiger partial charge in [0.05, 0.1) is 0 Å². The Balaban J connectivity index is 1.95. The van der Waals surface area contributed by atoms with Crippen molar-refractivity contribution in [3.05, 3.63) is 35.2 Å². The highest BCUT2D eigenvalue weighted by Crippen LogP contribution is 2.19. The third kappa shape index (κ3) is 3.55. The fourth-order valence-corrected chi connectivity index (χ4v) is 1.80. The first-order valence-corrected chi connectivity index (χ1v) is 6.46. The van der Waals surface area contributed by atoms with Crippen LogP contribution in [0.1, 0.15) is 25.2 Å². The van der Waals surface area contributed by atoms with Crippen LogP contribution in [-0.2, 0) is 6.42 Å². The number of halogens is 1. The molecule has 1 aromatic carbocycles. The van der Waals surface area contributed by atoms with E-state index in [1.54, 1.807) is 0 Å². The Morgan fingerprint density at radius 1 is 1.11 bits per heavy atom. The van der Waals surface area contributed by atoms with Crippen LogP contribution in [0.2, 0.25) is 5.02 Å². The molecule has 18 heavy (non-hydrogen) atoms. The molecule has 0 bridgehead atoms. The summed E-state index contributed by atoms with van der Waals surface area (Å²) in [6.45, 7) is 0.736. The van der Waals surface area contributed by atoms with Crippen LogP contribution in [0.25, 0.3) is 11.4 Å². The molecule has 0 fully saturated rings. The number of hydrogen-bond donors (Lipinski definition) is 1. The van der Waals surface area contributed by atoms with Gasteiger partial charge in [-0.3, -0.25) is 0 Å². The van der Waals surface area contributed by atoms with Crippen LogP contribution >= 0.6 is 11.6 Å². The van der Waals surface area contributed by atoms with E-state index in [2.05, 4.69) is 10.1 Å². The Bertz CT molecular complexity index is 481. The third-order valence-electron chi connectivity index (χ3n) is 2.67. The van der Waals surface area contributed by atoms with Crippen LogP contribution in [0.3, 0.4) is 0 Å².